The van der Waals surface area contributed by atoms with Crippen LogP contribution in [0.4, 0.5) is 0 Å². The van der Waals surface area contributed by atoms with E-state index in [2.05, 4.69) is 70.1 Å². The first-order valence-corrected chi connectivity index (χ1v) is 13.5. The highest BCUT2D eigenvalue weighted by Crippen LogP contribution is 2.14. The predicted octanol–water partition coefficient (Wildman–Crippen LogP) is 9.86. The number of aliphatic imine (C=N–C) groups is 1. The molecule has 3 nitrogen and oxygen atoms in total. The summed E-state index contributed by atoms with van der Waals surface area (Å²) < 4.78 is 5.44. The number of aryl methyl sites for hydroxylation is 2. The number of nitrogens with zero attached hydrogens (tertiary/aromatic N) is 1. The number of hydrogen-bond donors (Lipinski definition) is 1. The second-order valence-electron chi connectivity index (χ2n) is 8.02. The third kappa shape index (κ3) is 24.6. The Balaban J connectivity index is -0.000000201. The van der Waals surface area contributed by atoms with Crippen molar-refractivity contribution in [2.45, 2.75) is 121 Å². The molecule has 0 heterocycles. The molecule has 0 spiro atoms. The first kappa shape index (κ1) is 39.9. The average molecular weight is 489 g/mol. The second kappa shape index (κ2) is 28.0. The smallest absolute Gasteiger partial charge is 0.117 e. The van der Waals surface area contributed by atoms with Crippen molar-refractivity contribution in [2.24, 2.45) is 10.7 Å². The maximum absolute atomic E-state index is 5.86. The standard InChI is InChI=1S/C11H20N2O.C10H14.C7H14.2C2H6/c1-7(2)14-10(5)8(3)11(12)9(4)13-6;1-3-9-5-7-10(4-2)8-6-9;1-4-5-6-7(2)3;2*1-2/h7H,5,12H2,1-4,6H3;5-8H,3-4H2,1-2H3;2,4-6H2,1,3H3;2*1-2H3/b11-8+,13-9?;;;;. The lowest BCUT2D eigenvalue weighted by Gasteiger charge is -2.14. The first-order chi connectivity index (χ1) is 16.5. The van der Waals surface area contributed by atoms with Gasteiger partial charge >= 0.3 is 0 Å². The van der Waals surface area contributed by atoms with E-state index in [-0.39, 0.29) is 6.10 Å². The van der Waals surface area contributed by atoms with E-state index < -0.39 is 0 Å². The zero-order valence-electron chi connectivity index (χ0n) is 25.8. The lowest BCUT2D eigenvalue weighted by molar-refractivity contribution is 0.155. The largest absolute Gasteiger partial charge is 0.491 e. The highest BCUT2D eigenvalue weighted by molar-refractivity contribution is 5.98. The van der Waals surface area contributed by atoms with Gasteiger partial charge in [0.05, 0.1) is 17.5 Å². The van der Waals surface area contributed by atoms with Gasteiger partial charge in [0, 0.05) is 12.6 Å². The third-order valence-electron chi connectivity index (χ3n) is 4.72. The predicted molar refractivity (Wildman–Crippen MR) is 164 cm³/mol. The highest BCUT2D eigenvalue weighted by Gasteiger charge is 2.07. The zero-order valence-corrected chi connectivity index (χ0v) is 25.8. The molecule has 0 radical (unpaired) electrons. The average Bonchev–Trinajstić information content (AvgIpc) is 2.88. The van der Waals surface area contributed by atoms with Crippen LogP contribution in [0, 0.1) is 0 Å². The van der Waals surface area contributed by atoms with Crippen LogP contribution in [0.2, 0.25) is 0 Å². The topological polar surface area (TPSA) is 47.6 Å². The summed E-state index contributed by atoms with van der Waals surface area (Å²) >= 11 is 0. The molecule has 0 atom stereocenters. The van der Waals surface area contributed by atoms with E-state index in [0.29, 0.717) is 11.5 Å². The van der Waals surface area contributed by atoms with Gasteiger partial charge in [-0.15, -0.1) is 6.58 Å². The van der Waals surface area contributed by atoms with Crippen LogP contribution in [0.1, 0.15) is 113 Å². The van der Waals surface area contributed by atoms with Crippen molar-refractivity contribution < 1.29 is 4.74 Å². The second-order valence-corrected chi connectivity index (χ2v) is 8.02. The van der Waals surface area contributed by atoms with Crippen molar-refractivity contribution in [3.8, 4) is 0 Å². The van der Waals surface area contributed by atoms with E-state index in [1.807, 2.05) is 55.4 Å². The number of nitrogens with two attached hydrogens (primary N) is 1. The Bertz CT molecular complexity index is 672. The molecule has 0 aliphatic heterocycles. The quantitative estimate of drug-likeness (QED) is 0.163. The molecule has 0 bridgehead atoms. The maximum Gasteiger partial charge on any atom is 0.117 e. The molecule has 1 aromatic rings. The van der Waals surface area contributed by atoms with Gasteiger partial charge in [-0.25, -0.2) is 0 Å². The van der Waals surface area contributed by atoms with Gasteiger partial charge in [-0.1, -0.05) is 91.3 Å². The molecule has 0 unspecified atom stereocenters. The van der Waals surface area contributed by atoms with Crippen molar-refractivity contribution in [3.05, 3.63) is 71.2 Å². The van der Waals surface area contributed by atoms with Gasteiger partial charge in [0.25, 0.3) is 0 Å². The SMILES string of the molecule is C=C(C)CCCC.C=C(OC(C)C)/C(C)=C(/N)C(C)=NC.CC.CC.CCc1ccc(CC)cc1. The van der Waals surface area contributed by atoms with Crippen LogP contribution in [0.5, 0.6) is 0 Å². The van der Waals surface area contributed by atoms with Crippen molar-refractivity contribution in [1.29, 1.82) is 0 Å². The van der Waals surface area contributed by atoms with Crippen LogP contribution in [0.25, 0.3) is 0 Å². The Morgan fingerprint density at radius 2 is 1.29 bits per heavy atom. The van der Waals surface area contributed by atoms with E-state index in [1.165, 1.54) is 36.0 Å². The third-order valence-corrected chi connectivity index (χ3v) is 4.72. The minimum absolute atomic E-state index is 0.115. The molecule has 0 amide bonds. The van der Waals surface area contributed by atoms with Crippen LogP contribution in [-0.4, -0.2) is 18.9 Å². The van der Waals surface area contributed by atoms with Gasteiger partial charge in [-0.2, -0.15) is 0 Å². The Hall–Kier alpha value is -2.29. The van der Waals surface area contributed by atoms with Gasteiger partial charge in [0.1, 0.15) is 5.76 Å². The summed E-state index contributed by atoms with van der Waals surface area (Å²) in [5.74, 6) is 0.612. The van der Waals surface area contributed by atoms with Gasteiger partial charge in [-0.3, -0.25) is 4.99 Å². The molecule has 0 aliphatic rings. The molecule has 0 aromatic heterocycles. The van der Waals surface area contributed by atoms with E-state index in [1.54, 1.807) is 7.05 Å². The molecule has 1 aromatic carbocycles. The Morgan fingerprint density at radius 1 is 0.886 bits per heavy atom. The molecular weight excluding hydrogens is 428 g/mol. The summed E-state index contributed by atoms with van der Waals surface area (Å²) in [7, 11) is 1.71. The normalized spacial score (nSPS) is 10.5. The van der Waals surface area contributed by atoms with Gasteiger partial charge in [-0.05, 0) is 71.4 Å². The summed E-state index contributed by atoms with van der Waals surface area (Å²) in [6, 6.07) is 8.83. The number of benzene rings is 1. The molecule has 0 fully saturated rings. The van der Waals surface area contributed by atoms with Crippen LogP contribution in [0.3, 0.4) is 0 Å². The zero-order chi connectivity index (χ0) is 28.4. The van der Waals surface area contributed by atoms with Crippen LogP contribution in [0.15, 0.2) is 65.0 Å². The fourth-order valence-corrected chi connectivity index (χ4v) is 2.40. The molecule has 0 aliphatic carbocycles. The van der Waals surface area contributed by atoms with Crippen molar-refractivity contribution in [2.75, 3.05) is 7.05 Å². The number of rotatable bonds is 9. The molecule has 0 saturated heterocycles. The Morgan fingerprint density at radius 3 is 1.51 bits per heavy atom. The summed E-state index contributed by atoms with van der Waals surface area (Å²) in [5, 5.41) is 0. The van der Waals surface area contributed by atoms with E-state index in [4.69, 9.17) is 10.5 Å². The minimum Gasteiger partial charge on any atom is -0.491 e. The Labute approximate surface area is 220 Å². The monoisotopic (exact) mass is 488 g/mol. The van der Waals surface area contributed by atoms with Crippen LogP contribution >= 0.6 is 0 Å². The molecule has 1 rings (SSSR count). The lowest BCUT2D eigenvalue weighted by Crippen LogP contribution is -2.13. The fourth-order valence-electron chi connectivity index (χ4n) is 2.40. The number of unbranched alkanes of at least 4 members (excludes halogenated alkanes) is 1. The van der Waals surface area contributed by atoms with E-state index in [0.717, 1.165) is 24.1 Å². The maximum atomic E-state index is 5.86. The lowest BCUT2D eigenvalue weighted by atomic mass is 10.1. The van der Waals surface area contributed by atoms with Crippen molar-refractivity contribution in [1.82, 2.24) is 0 Å². The molecule has 2 N–H and O–H groups in total. The van der Waals surface area contributed by atoms with E-state index in [9.17, 15) is 0 Å². The summed E-state index contributed by atoms with van der Waals surface area (Å²) in [6.07, 6.45) is 6.19. The fraction of sp³-hybridized carbons (Fsp3) is 0.594. The first-order valence-electron chi connectivity index (χ1n) is 13.5. The number of allylic oxidation sites excluding steroid dienone is 3. The van der Waals surface area contributed by atoms with Gasteiger partial charge in [0.15, 0.2) is 0 Å². The van der Waals surface area contributed by atoms with Crippen LogP contribution in [-0.2, 0) is 17.6 Å². The Kier molecular flexibility index (Phi) is 31.9. The molecule has 0 saturated carbocycles. The summed E-state index contributed by atoms with van der Waals surface area (Å²) in [4.78, 5) is 4.01. The van der Waals surface area contributed by atoms with E-state index >= 15 is 0 Å². The van der Waals surface area contributed by atoms with Crippen molar-refractivity contribution >= 4 is 5.71 Å². The van der Waals surface area contributed by atoms with Gasteiger partial charge in [0.2, 0.25) is 0 Å². The molecule has 3 heteroatoms. The summed E-state index contributed by atoms with van der Waals surface area (Å²) in [6.45, 7) is 31.9. The number of ether oxygens (including phenoxy) is 1. The van der Waals surface area contributed by atoms with Gasteiger partial charge < -0.3 is 10.5 Å². The van der Waals surface area contributed by atoms with Crippen LogP contribution < -0.4 is 5.73 Å². The highest BCUT2D eigenvalue weighted by atomic mass is 16.5. The molecule has 35 heavy (non-hydrogen) atoms. The molecular formula is C32H60N2O. The molecule has 204 valence electrons. The summed E-state index contributed by atoms with van der Waals surface area (Å²) in [5.41, 5.74) is 12.3. The number of hydrogen-bond acceptors (Lipinski definition) is 3. The van der Waals surface area contributed by atoms with Crippen molar-refractivity contribution in [3.63, 3.8) is 0 Å². The minimum atomic E-state index is 0.115.